The van der Waals surface area contributed by atoms with Crippen molar-refractivity contribution in [3.63, 3.8) is 0 Å². The average molecular weight is 429 g/mol. The highest BCUT2D eigenvalue weighted by atomic mass is 35.5. The third kappa shape index (κ3) is 6.88. The molecular weight excluding hydrogens is 396 g/mol. The SMILES string of the molecule is CC[C@H](C(=O)NCC(C)C)N(Cc1ccc(Cl)cc1)C(=O)Cc1cc(C)ccc1C. The zero-order chi connectivity index (χ0) is 22.3. The molecule has 4 nitrogen and oxygen atoms in total. The molecule has 1 atom stereocenters. The zero-order valence-electron chi connectivity index (χ0n) is 18.7. The topological polar surface area (TPSA) is 49.4 Å². The van der Waals surface area contributed by atoms with Crippen LogP contribution in [0.2, 0.25) is 5.02 Å². The summed E-state index contributed by atoms with van der Waals surface area (Å²) >= 11 is 6.02. The van der Waals surface area contributed by atoms with Gasteiger partial charge in [0, 0.05) is 18.1 Å². The zero-order valence-corrected chi connectivity index (χ0v) is 19.4. The van der Waals surface area contributed by atoms with Crippen molar-refractivity contribution in [3.05, 3.63) is 69.7 Å². The van der Waals surface area contributed by atoms with Gasteiger partial charge in [0.2, 0.25) is 11.8 Å². The van der Waals surface area contributed by atoms with E-state index in [9.17, 15) is 9.59 Å². The van der Waals surface area contributed by atoms with Crippen LogP contribution >= 0.6 is 11.6 Å². The van der Waals surface area contributed by atoms with Gasteiger partial charge in [-0.15, -0.1) is 0 Å². The van der Waals surface area contributed by atoms with Crippen LogP contribution in [0.1, 0.15) is 49.4 Å². The van der Waals surface area contributed by atoms with Crippen molar-refractivity contribution in [1.29, 1.82) is 0 Å². The molecule has 0 aliphatic heterocycles. The van der Waals surface area contributed by atoms with Gasteiger partial charge in [-0.05, 0) is 55.0 Å². The number of hydrogen-bond acceptors (Lipinski definition) is 2. The summed E-state index contributed by atoms with van der Waals surface area (Å²) in [5.41, 5.74) is 4.15. The Kier molecular flexibility index (Phi) is 8.91. The minimum Gasteiger partial charge on any atom is -0.354 e. The molecule has 2 rings (SSSR count). The number of halogens is 1. The summed E-state index contributed by atoms with van der Waals surface area (Å²) < 4.78 is 0. The van der Waals surface area contributed by atoms with Crippen LogP contribution in [0.3, 0.4) is 0 Å². The number of hydrogen-bond donors (Lipinski definition) is 1. The molecule has 0 radical (unpaired) electrons. The Bertz CT molecular complexity index is 862. The molecule has 0 aromatic heterocycles. The first-order valence-corrected chi connectivity index (χ1v) is 11.0. The maximum absolute atomic E-state index is 13.4. The Hall–Kier alpha value is -2.33. The number of carbonyl (C=O) groups excluding carboxylic acids is 2. The van der Waals surface area contributed by atoms with E-state index in [1.165, 1.54) is 0 Å². The van der Waals surface area contributed by atoms with Crippen LogP contribution in [0.15, 0.2) is 42.5 Å². The van der Waals surface area contributed by atoms with Crippen LogP contribution in [-0.4, -0.2) is 29.3 Å². The molecular formula is C25H33ClN2O2. The molecule has 0 aliphatic carbocycles. The molecule has 0 saturated carbocycles. The van der Waals surface area contributed by atoms with Crippen LogP contribution in [0.5, 0.6) is 0 Å². The highest BCUT2D eigenvalue weighted by Gasteiger charge is 2.28. The summed E-state index contributed by atoms with van der Waals surface area (Å²) in [6.07, 6.45) is 0.825. The van der Waals surface area contributed by atoms with E-state index in [0.717, 1.165) is 22.3 Å². The first-order valence-electron chi connectivity index (χ1n) is 10.6. The van der Waals surface area contributed by atoms with Gasteiger partial charge in [-0.3, -0.25) is 9.59 Å². The molecule has 2 aromatic carbocycles. The fraction of sp³-hybridized carbons (Fsp3) is 0.440. The Labute approximate surface area is 185 Å². The van der Waals surface area contributed by atoms with Gasteiger partial charge < -0.3 is 10.2 Å². The maximum atomic E-state index is 13.4. The second-order valence-electron chi connectivity index (χ2n) is 8.32. The van der Waals surface area contributed by atoms with E-state index in [1.54, 1.807) is 4.90 Å². The second-order valence-corrected chi connectivity index (χ2v) is 8.75. The van der Waals surface area contributed by atoms with Gasteiger partial charge in [-0.1, -0.05) is 68.3 Å². The van der Waals surface area contributed by atoms with Crippen molar-refractivity contribution >= 4 is 23.4 Å². The summed E-state index contributed by atoms with van der Waals surface area (Å²) in [6.45, 7) is 11.0. The third-order valence-corrected chi connectivity index (χ3v) is 5.43. The fourth-order valence-corrected chi connectivity index (χ4v) is 3.51. The van der Waals surface area contributed by atoms with E-state index in [1.807, 2.05) is 63.2 Å². The predicted molar refractivity (Wildman–Crippen MR) is 124 cm³/mol. The molecule has 0 unspecified atom stereocenters. The minimum atomic E-state index is -0.517. The molecule has 162 valence electrons. The summed E-state index contributed by atoms with van der Waals surface area (Å²) in [7, 11) is 0. The molecule has 2 aromatic rings. The number of rotatable bonds is 9. The highest BCUT2D eigenvalue weighted by molar-refractivity contribution is 6.30. The van der Waals surface area contributed by atoms with Crippen molar-refractivity contribution in [2.75, 3.05) is 6.54 Å². The Morgan fingerprint density at radius 1 is 1.07 bits per heavy atom. The van der Waals surface area contributed by atoms with Crippen molar-refractivity contribution in [2.45, 2.75) is 60.0 Å². The van der Waals surface area contributed by atoms with Crippen molar-refractivity contribution < 1.29 is 9.59 Å². The smallest absolute Gasteiger partial charge is 0.242 e. The number of aryl methyl sites for hydroxylation is 2. The average Bonchev–Trinajstić information content (AvgIpc) is 2.70. The molecule has 0 fully saturated rings. The number of benzene rings is 2. The molecule has 0 bridgehead atoms. The lowest BCUT2D eigenvalue weighted by Crippen LogP contribution is -2.50. The fourth-order valence-electron chi connectivity index (χ4n) is 3.38. The van der Waals surface area contributed by atoms with E-state index in [-0.39, 0.29) is 18.2 Å². The molecule has 0 saturated heterocycles. The molecule has 5 heteroatoms. The first kappa shape index (κ1) is 23.9. The lowest BCUT2D eigenvalue weighted by molar-refractivity contribution is -0.141. The molecule has 30 heavy (non-hydrogen) atoms. The van der Waals surface area contributed by atoms with Crippen LogP contribution < -0.4 is 5.32 Å². The summed E-state index contributed by atoms with van der Waals surface area (Å²) in [5.74, 6) is 0.196. The molecule has 0 aliphatic rings. The minimum absolute atomic E-state index is 0.0507. The first-order chi connectivity index (χ1) is 14.2. The largest absolute Gasteiger partial charge is 0.354 e. The van der Waals surface area contributed by atoms with Gasteiger partial charge in [0.25, 0.3) is 0 Å². The van der Waals surface area contributed by atoms with E-state index in [0.29, 0.717) is 30.5 Å². The van der Waals surface area contributed by atoms with Gasteiger partial charge in [0.05, 0.1) is 6.42 Å². The van der Waals surface area contributed by atoms with Crippen LogP contribution in [0, 0.1) is 19.8 Å². The van der Waals surface area contributed by atoms with Crippen LogP contribution in [0.4, 0.5) is 0 Å². The molecule has 2 amide bonds. The Morgan fingerprint density at radius 3 is 2.33 bits per heavy atom. The van der Waals surface area contributed by atoms with Crippen molar-refractivity contribution in [2.24, 2.45) is 5.92 Å². The number of carbonyl (C=O) groups is 2. The summed E-state index contributed by atoms with van der Waals surface area (Å²) in [4.78, 5) is 28.0. The Balaban J connectivity index is 2.30. The summed E-state index contributed by atoms with van der Waals surface area (Å²) in [5, 5.41) is 3.64. The third-order valence-electron chi connectivity index (χ3n) is 5.18. The second kappa shape index (κ2) is 11.2. The maximum Gasteiger partial charge on any atom is 0.242 e. The standard InChI is InChI=1S/C25H33ClN2O2/c1-6-23(25(30)27-15-17(2)3)28(16-20-9-11-22(26)12-10-20)24(29)14-21-13-18(4)7-8-19(21)5/h7-13,17,23H,6,14-16H2,1-5H3,(H,27,30)/t23-/m1/s1. The molecule has 0 heterocycles. The monoisotopic (exact) mass is 428 g/mol. The van der Waals surface area contributed by atoms with E-state index >= 15 is 0 Å². The van der Waals surface area contributed by atoms with Gasteiger partial charge in [-0.25, -0.2) is 0 Å². The van der Waals surface area contributed by atoms with Gasteiger partial charge in [0.1, 0.15) is 6.04 Å². The lowest BCUT2D eigenvalue weighted by atomic mass is 10.0. The number of nitrogens with zero attached hydrogens (tertiary/aromatic N) is 1. The van der Waals surface area contributed by atoms with Gasteiger partial charge in [0.15, 0.2) is 0 Å². The van der Waals surface area contributed by atoms with E-state index < -0.39 is 6.04 Å². The van der Waals surface area contributed by atoms with Crippen molar-refractivity contribution in [3.8, 4) is 0 Å². The summed E-state index contributed by atoms with van der Waals surface area (Å²) in [6, 6.07) is 13.0. The Morgan fingerprint density at radius 2 is 1.73 bits per heavy atom. The van der Waals surface area contributed by atoms with Gasteiger partial charge in [-0.2, -0.15) is 0 Å². The van der Waals surface area contributed by atoms with Crippen LogP contribution in [-0.2, 0) is 22.6 Å². The van der Waals surface area contributed by atoms with Crippen LogP contribution in [0.25, 0.3) is 0 Å². The number of nitrogens with one attached hydrogen (secondary N) is 1. The van der Waals surface area contributed by atoms with Crippen molar-refractivity contribution in [1.82, 2.24) is 10.2 Å². The normalized spacial score (nSPS) is 12.0. The molecule has 1 N–H and O–H groups in total. The molecule has 0 spiro atoms. The predicted octanol–water partition coefficient (Wildman–Crippen LogP) is 5.08. The number of amides is 2. The lowest BCUT2D eigenvalue weighted by Gasteiger charge is -2.31. The van der Waals surface area contributed by atoms with E-state index in [4.69, 9.17) is 11.6 Å². The van der Waals surface area contributed by atoms with E-state index in [2.05, 4.69) is 19.2 Å². The highest BCUT2D eigenvalue weighted by Crippen LogP contribution is 2.18. The quantitative estimate of drug-likeness (QED) is 0.605. The van der Waals surface area contributed by atoms with Gasteiger partial charge >= 0.3 is 0 Å².